The molecule has 0 aromatic rings. The molecule has 0 saturated heterocycles. The summed E-state index contributed by atoms with van der Waals surface area (Å²) < 4.78 is 5.44. The number of amides is 1. The van der Waals surface area contributed by atoms with Gasteiger partial charge in [-0.15, -0.1) is 0 Å². The van der Waals surface area contributed by atoms with Gasteiger partial charge < -0.3 is 20.3 Å². The Labute approximate surface area is 386 Å². The van der Waals surface area contributed by atoms with Crippen molar-refractivity contribution in [1.29, 1.82) is 0 Å². The molecule has 0 aromatic carbocycles. The second-order valence-electron chi connectivity index (χ2n) is 18.9. The lowest BCUT2D eigenvalue weighted by atomic mass is 10.0. The van der Waals surface area contributed by atoms with Crippen LogP contribution >= 0.6 is 0 Å². The van der Waals surface area contributed by atoms with Crippen molar-refractivity contribution in [2.24, 2.45) is 0 Å². The number of aliphatic hydroxyl groups is 2. The lowest BCUT2D eigenvalue weighted by Crippen LogP contribution is -2.45. The molecule has 2 atom stereocenters. The second-order valence-corrected chi connectivity index (χ2v) is 18.9. The normalized spacial score (nSPS) is 12.8. The zero-order chi connectivity index (χ0) is 45.1. The first kappa shape index (κ1) is 60.3. The van der Waals surface area contributed by atoms with E-state index in [2.05, 4.69) is 43.5 Å². The number of allylic oxidation sites excluding steroid dienone is 4. The Hall–Kier alpha value is -1.66. The molecule has 366 valence electrons. The fraction of sp³-hybridized carbons (Fsp3) is 0.893. The summed E-state index contributed by atoms with van der Waals surface area (Å²) in [6, 6.07) is -0.553. The molecule has 0 aliphatic heterocycles. The predicted octanol–water partition coefficient (Wildman–Crippen LogP) is 16.7. The number of ether oxygens (including phenoxy) is 1. The molecule has 0 spiro atoms. The zero-order valence-electron chi connectivity index (χ0n) is 41.6. The van der Waals surface area contributed by atoms with Gasteiger partial charge in [0.1, 0.15) is 0 Å². The minimum absolute atomic E-state index is 0.0200. The van der Waals surface area contributed by atoms with E-state index >= 15 is 0 Å². The van der Waals surface area contributed by atoms with Crippen LogP contribution < -0.4 is 5.32 Å². The van der Waals surface area contributed by atoms with Crippen LogP contribution in [0.1, 0.15) is 296 Å². The number of unbranched alkanes of at least 4 members (excludes halogenated alkanes) is 36. The molecule has 0 rings (SSSR count). The van der Waals surface area contributed by atoms with E-state index in [9.17, 15) is 19.8 Å². The van der Waals surface area contributed by atoms with Crippen LogP contribution in [-0.2, 0) is 14.3 Å². The fourth-order valence-electron chi connectivity index (χ4n) is 8.45. The number of hydrogen-bond donors (Lipinski definition) is 3. The van der Waals surface area contributed by atoms with Gasteiger partial charge in [-0.05, 0) is 77.0 Å². The Bertz CT molecular complexity index is 966. The van der Waals surface area contributed by atoms with E-state index in [0.29, 0.717) is 25.9 Å². The van der Waals surface area contributed by atoms with Crippen molar-refractivity contribution in [2.75, 3.05) is 13.2 Å². The van der Waals surface area contributed by atoms with Crippen LogP contribution in [0.2, 0.25) is 0 Å². The van der Waals surface area contributed by atoms with Gasteiger partial charge >= 0.3 is 5.97 Å². The maximum absolute atomic E-state index is 12.5. The van der Waals surface area contributed by atoms with Gasteiger partial charge in [-0.1, -0.05) is 231 Å². The maximum atomic E-state index is 12.5. The highest BCUT2D eigenvalue weighted by atomic mass is 16.5. The van der Waals surface area contributed by atoms with Gasteiger partial charge in [0.15, 0.2) is 0 Å². The Morgan fingerprint density at radius 2 is 0.758 bits per heavy atom. The molecule has 6 nitrogen and oxygen atoms in total. The number of carbonyl (C=O) groups excluding carboxylic acids is 2. The molecule has 0 fully saturated rings. The Kier molecular flexibility index (Phi) is 50.6. The van der Waals surface area contributed by atoms with E-state index in [1.54, 1.807) is 0 Å². The van der Waals surface area contributed by atoms with Crippen molar-refractivity contribution in [1.82, 2.24) is 5.32 Å². The average Bonchev–Trinajstić information content (AvgIpc) is 3.27. The van der Waals surface area contributed by atoms with Crippen LogP contribution in [0.3, 0.4) is 0 Å². The molecule has 2 unspecified atom stereocenters. The molecular formula is C56H107NO5. The summed E-state index contributed by atoms with van der Waals surface area (Å²) in [5.41, 5.74) is 0. The van der Waals surface area contributed by atoms with Gasteiger partial charge in [-0.25, -0.2) is 0 Å². The highest BCUT2D eigenvalue weighted by Crippen LogP contribution is 2.17. The predicted molar refractivity (Wildman–Crippen MR) is 269 cm³/mol. The SMILES string of the molecule is CCCCC/C=C\CCCCCCCC(=O)OCCCCCC/C=C\CCCCCCCCCC(=O)NC(CO)C(O)CCCCCCCCCCCCCCCCCCCC. The number of esters is 1. The minimum atomic E-state index is -0.674. The van der Waals surface area contributed by atoms with E-state index in [1.165, 1.54) is 193 Å². The first-order valence-corrected chi connectivity index (χ1v) is 27.6. The van der Waals surface area contributed by atoms with Crippen molar-refractivity contribution in [3.05, 3.63) is 24.3 Å². The van der Waals surface area contributed by atoms with Gasteiger partial charge in [-0.3, -0.25) is 9.59 Å². The fourth-order valence-corrected chi connectivity index (χ4v) is 8.45. The third-order valence-corrected chi connectivity index (χ3v) is 12.7. The second kappa shape index (κ2) is 52.0. The largest absolute Gasteiger partial charge is 0.466 e. The standard InChI is InChI=1S/C56H107NO5/c1-3-5-7-9-11-13-15-17-18-19-20-22-25-28-32-36-40-44-48-54(59)53(52-58)57-55(60)49-45-41-37-33-29-26-23-21-24-27-31-35-39-43-47-51-62-56(61)50-46-42-38-34-30-16-14-12-10-8-6-4-2/h12,14,24,27,53-54,58-59H,3-11,13,15-23,25-26,28-52H2,1-2H3,(H,57,60)/b14-12-,27-24-. The molecule has 0 radical (unpaired) electrons. The van der Waals surface area contributed by atoms with E-state index in [1.807, 2.05) is 0 Å². The van der Waals surface area contributed by atoms with Crippen molar-refractivity contribution in [2.45, 2.75) is 309 Å². The molecule has 3 N–H and O–H groups in total. The molecule has 0 bridgehead atoms. The Morgan fingerprint density at radius 3 is 1.18 bits per heavy atom. The summed E-state index contributed by atoms with van der Waals surface area (Å²) in [4.78, 5) is 24.5. The highest BCUT2D eigenvalue weighted by Gasteiger charge is 2.20. The molecule has 6 heteroatoms. The first-order valence-electron chi connectivity index (χ1n) is 27.6. The number of nitrogens with one attached hydrogen (secondary N) is 1. The quantitative estimate of drug-likeness (QED) is 0.0321. The van der Waals surface area contributed by atoms with Crippen molar-refractivity contribution in [3.8, 4) is 0 Å². The molecule has 0 aromatic heterocycles. The molecular weight excluding hydrogens is 767 g/mol. The topological polar surface area (TPSA) is 95.9 Å². The van der Waals surface area contributed by atoms with E-state index in [-0.39, 0.29) is 18.5 Å². The van der Waals surface area contributed by atoms with Gasteiger partial charge in [0.2, 0.25) is 5.91 Å². The summed E-state index contributed by atoms with van der Waals surface area (Å²) in [5.74, 6) is -0.0688. The third kappa shape index (κ3) is 47.8. The maximum Gasteiger partial charge on any atom is 0.305 e. The van der Waals surface area contributed by atoms with E-state index in [0.717, 1.165) is 70.6 Å². The summed E-state index contributed by atoms with van der Waals surface area (Å²) in [5, 5.41) is 23.3. The molecule has 0 heterocycles. The van der Waals surface area contributed by atoms with Crippen LogP contribution in [-0.4, -0.2) is 47.4 Å². The summed E-state index contributed by atoms with van der Waals surface area (Å²) >= 11 is 0. The van der Waals surface area contributed by atoms with Crippen molar-refractivity contribution >= 4 is 11.9 Å². The van der Waals surface area contributed by atoms with Gasteiger partial charge in [0, 0.05) is 12.8 Å². The highest BCUT2D eigenvalue weighted by molar-refractivity contribution is 5.76. The van der Waals surface area contributed by atoms with Gasteiger partial charge in [0.25, 0.3) is 0 Å². The zero-order valence-corrected chi connectivity index (χ0v) is 41.6. The van der Waals surface area contributed by atoms with E-state index in [4.69, 9.17) is 4.74 Å². The van der Waals surface area contributed by atoms with Crippen molar-refractivity contribution < 1.29 is 24.5 Å². The number of hydrogen-bond acceptors (Lipinski definition) is 5. The van der Waals surface area contributed by atoms with Gasteiger partial charge in [-0.2, -0.15) is 0 Å². The van der Waals surface area contributed by atoms with Crippen molar-refractivity contribution in [3.63, 3.8) is 0 Å². The van der Waals surface area contributed by atoms with Gasteiger partial charge in [0.05, 0.1) is 25.4 Å². The number of aliphatic hydroxyl groups excluding tert-OH is 2. The Balaban J connectivity index is 3.49. The summed E-state index contributed by atoms with van der Waals surface area (Å²) in [6.45, 7) is 4.90. The van der Waals surface area contributed by atoms with Crippen LogP contribution in [0, 0.1) is 0 Å². The van der Waals surface area contributed by atoms with E-state index < -0.39 is 12.1 Å². The smallest absolute Gasteiger partial charge is 0.305 e. The molecule has 0 aliphatic rings. The summed E-state index contributed by atoms with van der Waals surface area (Å²) in [7, 11) is 0. The minimum Gasteiger partial charge on any atom is -0.466 e. The average molecular weight is 874 g/mol. The van der Waals surface area contributed by atoms with Crippen LogP contribution in [0.5, 0.6) is 0 Å². The Morgan fingerprint density at radius 1 is 0.435 bits per heavy atom. The van der Waals surface area contributed by atoms with Crippen LogP contribution in [0.25, 0.3) is 0 Å². The summed E-state index contributed by atoms with van der Waals surface area (Å²) in [6.07, 6.45) is 61.5. The third-order valence-electron chi connectivity index (χ3n) is 12.7. The molecule has 1 amide bonds. The van der Waals surface area contributed by atoms with Crippen LogP contribution in [0.4, 0.5) is 0 Å². The molecule has 0 saturated carbocycles. The molecule has 0 aliphatic carbocycles. The number of rotatable bonds is 51. The first-order chi connectivity index (χ1) is 30.5. The molecule has 62 heavy (non-hydrogen) atoms. The number of carbonyl (C=O) groups is 2. The lowest BCUT2D eigenvalue weighted by Gasteiger charge is -2.22. The van der Waals surface area contributed by atoms with Crippen LogP contribution in [0.15, 0.2) is 24.3 Å². The lowest BCUT2D eigenvalue weighted by molar-refractivity contribution is -0.143. The monoisotopic (exact) mass is 874 g/mol.